The third kappa shape index (κ3) is 3.28. The van der Waals surface area contributed by atoms with Crippen molar-refractivity contribution in [3.63, 3.8) is 0 Å². The second kappa shape index (κ2) is 5.32. The number of hydrogen-bond donors (Lipinski definition) is 4. The van der Waals surface area contributed by atoms with Gasteiger partial charge in [0.1, 0.15) is 0 Å². The summed E-state index contributed by atoms with van der Waals surface area (Å²) in [5.41, 5.74) is 0. The van der Waals surface area contributed by atoms with E-state index in [9.17, 15) is 0 Å². The van der Waals surface area contributed by atoms with Crippen molar-refractivity contribution >= 4 is 50.5 Å². The van der Waals surface area contributed by atoms with Crippen LogP contribution in [0.25, 0.3) is 0 Å². The zero-order valence-corrected chi connectivity index (χ0v) is 10.5. The van der Waals surface area contributed by atoms with Gasteiger partial charge in [-0.05, 0) is 30.9 Å². The lowest BCUT2D eigenvalue weighted by Crippen LogP contribution is -2.18. The highest BCUT2D eigenvalue weighted by Crippen LogP contribution is 2.32. The Kier molecular flexibility index (Phi) is 5.09. The number of rotatable bonds is 1. The molecule has 72 valence electrons. The average molecular weight is 240 g/mol. The first-order valence-corrected chi connectivity index (χ1v) is 6.46. The Hall–Kier alpha value is 1.40. The Morgan fingerprint density at radius 1 is 0.917 bits per heavy atom. The molecule has 4 heteroatoms. The molecule has 0 radical (unpaired) electrons. The van der Waals surface area contributed by atoms with Crippen LogP contribution in [0.15, 0.2) is 0 Å². The van der Waals surface area contributed by atoms with E-state index in [0.717, 1.165) is 25.0 Å². The highest BCUT2D eigenvalue weighted by molar-refractivity contribution is 7.82. The lowest BCUT2D eigenvalue weighted by molar-refractivity contribution is 0.537. The zero-order valence-electron chi connectivity index (χ0n) is 6.93. The van der Waals surface area contributed by atoms with Gasteiger partial charge in [0.15, 0.2) is 0 Å². The quantitative estimate of drug-likeness (QED) is 0.393. The standard InChI is InChI=1S/C8H16S4/c9-4-5-1-6(10)2-7(11)3-8(5)12/h5-12H,1-4H2. The fraction of sp³-hybridized carbons (Fsp3) is 1.00. The van der Waals surface area contributed by atoms with Crippen LogP contribution in [0, 0.1) is 5.92 Å². The van der Waals surface area contributed by atoms with E-state index >= 15 is 0 Å². The Bertz CT molecular complexity index is 139. The van der Waals surface area contributed by atoms with Gasteiger partial charge in [-0.2, -0.15) is 50.5 Å². The summed E-state index contributed by atoms with van der Waals surface area (Å²) in [6.45, 7) is 0. The smallest absolute Gasteiger partial charge is 0.00637 e. The van der Waals surface area contributed by atoms with Crippen molar-refractivity contribution in [2.75, 3.05) is 5.75 Å². The van der Waals surface area contributed by atoms with E-state index in [1.54, 1.807) is 0 Å². The number of thiol groups is 4. The lowest BCUT2D eigenvalue weighted by atomic mass is 10.0. The molecule has 0 nitrogen and oxygen atoms in total. The average Bonchev–Trinajstić information content (AvgIpc) is 2.09. The Morgan fingerprint density at radius 3 is 2.08 bits per heavy atom. The van der Waals surface area contributed by atoms with Crippen molar-refractivity contribution < 1.29 is 0 Å². The third-order valence-corrected chi connectivity index (χ3v) is 4.36. The van der Waals surface area contributed by atoms with Crippen LogP contribution in [0.5, 0.6) is 0 Å². The summed E-state index contributed by atoms with van der Waals surface area (Å²) >= 11 is 17.9. The van der Waals surface area contributed by atoms with Crippen LogP contribution in [-0.2, 0) is 0 Å². The molecule has 1 rings (SSSR count). The maximum Gasteiger partial charge on any atom is 0.00637 e. The normalized spacial score (nSPS) is 44.0. The molecule has 4 atom stereocenters. The molecular formula is C8H16S4. The second-order valence-corrected chi connectivity index (χ2v) is 6.01. The van der Waals surface area contributed by atoms with Gasteiger partial charge in [0, 0.05) is 15.7 Å². The maximum absolute atomic E-state index is 4.57. The molecule has 12 heavy (non-hydrogen) atoms. The molecule has 1 fully saturated rings. The van der Waals surface area contributed by atoms with Gasteiger partial charge in [-0.15, -0.1) is 0 Å². The third-order valence-electron chi connectivity index (χ3n) is 2.41. The first-order valence-electron chi connectivity index (χ1n) is 4.28. The number of hydrogen-bond acceptors (Lipinski definition) is 4. The molecule has 1 saturated carbocycles. The molecule has 4 unspecified atom stereocenters. The van der Waals surface area contributed by atoms with Gasteiger partial charge >= 0.3 is 0 Å². The van der Waals surface area contributed by atoms with E-state index in [-0.39, 0.29) is 0 Å². The summed E-state index contributed by atoms with van der Waals surface area (Å²) in [5, 5.41) is 1.42. The summed E-state index contributed by atoms with van der Waals surface area (Å²) in [5.74, 6) is 1.53. The van der Waals surface area contributed by atoms with Crippen LogP contribution >= 0.6 is 50.5 Å². The summed E-state index contributed by atoms with van der Waals surface area (Å²) in [6.07, 6.45) is 3.33. The van der Waals surface area contributed by atoms with Gasteiger partial charge < -0.3 is 0 Å². The van der Waals surface area contributed by atoms with Gasteiger partial charge in [0.2, 0.25) is 0 Å². The topological polar surface area (TPSA) is 0 Å². The maximum atomic E-state index is 4.57. The van der Waals surface area contributed by atoms with Crippen molar-refractivity contribution in [2.45, 2.75) is 35.0 Å². The van der Waals surface area contributed by atoms with Gasteiger partial charge in [-0.1, -0.05) is 0 Å². The van der Waals surface area contributed by atoms with E-state index in [0.29, 0.717) is 21.7 Å². The SMILES string of the molecule is SCC1CC(S)CC(S)CC1S. The van der Waals surface area contributed by atoms with Gasteiger partial charge in [0.25, 0.3) is 0 Å². The van der Waals surface area contributed by atoms with Gasteiger partial charge in [0.05, 0.1) is 0 Å². The molecule has 0 aromatic carbocycles. The van der Waals surface area contributed by atoms with Crippen molar-refractivity contribution in [3.8, 4) is 0 Å². The van der Waals surface area contributed by atoms with E-state index in [1.165, 1.54) is 0 Å². The molecule has 0 N–H and O–H groups in total. The van der Waals surface area contributed by atoms with E-state index < -0.39 is 0 Å². The molecule has 0 spiro atoms. The molecule has 0 aromatic rings. The highest BCUT2D eigenvalue weighted by Gasteiger charge is 2.27. The summed E-state index contributed by atoms with van der Waals surface area (Å²) in [4.78, 5) is 0. The van der Waals surface area contributed by atoms with E-state index in [1.807, 2.05) is 0 Å². The van der Waals surface area contributed by atoms with Crippen molar-refractivity contribution in [1.82, 2.24) is 0 Å². The minimum Gasteiger partial charge on any atom is -0.179 e. The molecule has 0 saturated heterocycles. The highest BCUT2D eigenvalue weighted by atomic mass is 32.1. The van der Waals surface area contributed by atoms with Gasteiger partial charge in [-0.25, -0.2) is 0 Å². The summed E-state index contributed by atoms with van der Waals surface area (Å²) < 4.78 is 0. The van der Waals surface area contributed by atoms with Crippen molar-refractivity contribution in [1.29, 1.82) is 0 Å². The van der Waals surface area contributed by atoms with Crippen LogP contribution < -0.4 is 0 Å². The van der Waals surface area contributed by atoms with Crippen molar-refractivity contribution in [2.24, 2.45) is 5.92 Å². The van der Waals surface area contributed by atoms with E-state index in [2.05, 4.69) is 50.5 Å². The first kappa shape index (κ1) is 11.5. The van der Waals surface area contributed by atoms with Gasteiger partial charge in [-0.3, -0.25) is 0 Å². The minimum atomic E-state index is 0.460. The van der Waals surface area contributed by atoms with Crippen LogP contribution in [0.2, 0.25) is 0 Å². The predicted octanol–water partition coefficient (Wildman–Crippen LogP) is 2.61. The first-order chi connectivity index (χ1) is 5.63. The fourth-order valence-electron chi connectivity index (χ4n) is 1.68. The largest absolute Gasteiger partial charge is 0.179 e. The zero-order chi connectivity index (χ0) is 9.14. The van der Waals surface area contributed by atoms with Crippen LogP contribution in [0.3, 0.4) is 0 Å². The Balaban J connectivity index is 2.54. The lowest BCUT2D eigenvalue weighted by Gasteiger charge is -2.19. The van der Waals surface area contributed by atoms with Crippen LogP contribution in [0.4, 0.5) is 0 Å². The summed E-state index contributed by atoms with van der Waals surface area (Å²) in [6, 6.07) is 0. The Labute approximate surface area is 96.9 Å². The molecule has 0 bridgehead atoms. The second-order valence-electron chi connectivity index (χ2n) is 3.52. The molecule has 1 aliphatic carbocycles. The van der Waals surface area contributed by atoms with Crippen LogP contribution in [0.1, 0.15) is 19.3 Å². The minimum absolute atomic E-state index is 0.460. The molecule has 0 heterocycles. The molecule has 0 amide bonds. The molecule has 1 aliphatic rings. The summed E-state index contributed by atoms with van der Waals surface area (Å²) in [7, 11) is 0. The van der Waals surface area contributed by atoms with E-state index in [4.69, 9.17) is 0 Å². The molecular weight excluding hydrogens is 224 g/mol. The predicted molar refractivity (Wildman–Crippen MR) is 69.5 cm³/mol. The van der Waals surface area contributed by atoms with Crippen molar-refractivity contribution in [3.05, 3.63) is 0 Å². The fourth-order valence-corrected chi connectivity index (χ4v) is 4.07. The monoisotopic (exact) mass is 240 g/mol. The van der Waals surface area contributed by atoms with Crippen LogP contribution in [-0.4, -0.2) is 21.5 Å². The molecule has 0 aliphatic heterocycles. The molecule has 0 aromatic heterocycles. The Morgan fingerprint density at radius 2 is 1.50 bits per heavy atom.